The van der Waals surface area contributed by atoms with Crippen molar-refractivity contribution in [3.8, 4) is 0 Å². The molecule has 2 N–H and O–H groups in total. The minimum Gasteiger partial charge on any atom is -0.361 e. The molecule has 0 saturated carbocycles. The van der Waals surface area contributed by atoms with Gasteiger partial charge in [-0.05, 0) is 29.7 Å². The molecular formula is C25H24N2O. The largest absolute Gasteiger partial charge is 0.361 e. The van der Waals surface area contributed by atoms with Gasteiger partial charge < -0.3 is 10.3 Å². The lowest BCUT2D eigenvalue weighted by atomic mass is 9.85. The van der Waals surface area contributed by atoms with Gasteiger partial charge in [-0.3, -0.25) is 4.79 Å². The highest BCUT2D eigenvalue weighted by Gasteiger charge is 2.23. The number of nitrogens with one attached hydrogen (secondary N) is 2. The molecular weight excluding hydrogens is 344 g/mol. The number of hydrogen-bond donors (Lipinski definition) is 2. The predicted octanol–water partition coefficient (Wildman–Crippen LogP) is 5.05. The van der Waals surface area contributed by atoms with Gasteiger partial charge in [-0.1, -0.05) is 78.9 Å². The number of aromatic nitrogens is 1. The van der Waals surface area contributed by atoms with E-state index < -0.39 is 0 Å². The van der Waals surface area contributed by atoms with E-state index in [4.69, 9.17) is 0 Å². The normalized spacial score (nSPS) is 12.2. The maximum absolute atomic E-state index is 12.8. The lowest BCUT2D eigenvalue weighted by Crippen LogP contribution is -2.38. The zero-order valence-corrected chi connectivity index (χ0v) is 15.9. The fraction of sp³-hybridized carbons (Fsp3) is 0.160. The minimum atomic E-state index is -0.0255. The number of rotatable bonds is 6. The summed E-state index contributed by atoms with van der Waals surface area (Å²) in [7, 11) is 0. The summed E-state index contributed by atoms with van der Waals surface area (Å²) in [5.41, 5.74) is 4.49. The van der Waals surface area contributed by atoms with Gasteiger partial charge in [0.2, 0.25) is 5.91 Å². The molecule has 1 aromatic heterocycles. The van der Waals surface area contributed by atoms with E-state index in [9.17, 15) is 4.79 Å². The minimum absolute atomic E-state index is 0.0255. The van der Waals surface area contributed by atoms with Crippen molar-refractivity contribution < 1.29 is 4.79 Å². The number of para-hydroxylation sites is 1. The van der Waals surface area contributed by atoms with Crippen molar-refractivity contribution in [3.63, 3.8) is 0 Å². The first-order chi connectivity index (χ1) is 13.7. The molecule has 4 aromatic rings. The second-order valence-electron chi connectivity index (χ2n) is 7.19. The predicted molar refractivity (Wildman–Crippen MR) is 114 cm³/mol. The number of amides is 1. The summed E-state index contributed by atoms with van der Waals surface area (Å²) in [4.78, 5) is 16.0. The van der Waals surface area contributed by atoms with E-state index in [2.05, 4.69) is 47.6 Å². The van der Waals surface area contributed by atoms with Crippen LogP contribution in [0.5, 0.6) is 0 Å². The van der Waals surface area contributed by atoms with Crippen LogP contribution < -0.4 is 5.32 Å². The first-order valence-corrected chi connectivity index (χ1v) is 9.66. The van der Waals surface area contributed by atoms with Gasteiger partial charge in [-0.25, -0.2) is 0 Å². The number of carbonyl (C=O) groups is 1. The van der Waals surface area contributed by atoms with Gasteiger partial charge in [-0.2, -0.15) is 0 Å². The van der Waals surface area contributed by atoms with E-state index in [1.807, 2.05) is 60.8 Å². The molecule has 0 fully saturated rings. The second kappa shape index (κ2) is 8.13. The Hall–Kier alpha value is -3.33. The van der Waals surface area contributed by atoms with Crippen LogP contribution in [0.3, 0.4) is 0 Å². The third-order valence-electron chi connectivity index (χ3n) is 5.23. The van der Waals surface area contributed by atoms with Crippen LogP contribution >= 0.6 is 0 Å². The van der Waals surface area contributed by atoms with Gasteiger partial charge in [-0.15, -0.1) is 0 Å². The molecule has 0 aliphatic carbocycles. The standard InChI is InChI=1S/C25H24N2O/c1-18(25(19-10-4-2-5-11-19)20-12-6-3-7-13-20)27-24(28)16-21-17-26-23-15-9-8-14-22(21)23/h2-15,17-18,25-26H,16H2,1H3,(H,27,28). The summed E-state index contributed by atoms with van der Waals surface area (Å²) < 4.78 is 0. The number of H-pyrrole nitrogens is 1. The second-order valence-corrected chi connectivity index (χ2v) is 7.19. The summed E-state index contributed by atoms with van der Waals surface area (Å²) in [5, 5.41) is 4.33. The van der Waals surface area contributed by atoms with Gasteiger partial charge in [0.05, 0.1) is 6.42 Å². The van der Waals surface area contributed by atoms with Crippen molar-refractivity contribution in [3.05, 3.63) is 108 Å². The Morgan fingerprint density at radius 2 is 1.43 bits per heavy atom. The van der Waals surface area contributed by atoms with Crippen molar-refractivity contribution in [2.75, 3.05) is 0 Å². The van der Waals surface area contributed by atoms with Crippen LogP contribution in [-0.4, -0.2) is 16.9 Å². The fourth-order valence-electron chi connectivity index (χ4n) is 3.93. The highest BCUT2D eigenvalue weighted by molar-refractivity contribution is 5.89. The topological polar surface area (TPSA) is 44.9 Å². The monoisotopic (exact) mass is 368 g/mol. The fourth-order valence-corrected chi connectivity index (χ4v) is 3.93. The highest BCUT2D eigenvalue weighted by Crippen LogP contribution is 2.28. The Kier molecular flexibility index (Phi) is 5.24. The SMILES string of the molecule is CC(NC(=O)Cc1c[nH]c2ccccc12)C(c1ccccc1)c1ccccc1. The van der Waals surface area contributed by atoms with Crippen molar-refractivity contribution in [2.45, 2.75) is 25.3 Å². The molecule has 28 heavy (non-hydrogen) atoms. The van der Waals surface area contributed by atoms with Crippen molar-refractivity contribution in [1.29, 1.82) is 0 Å². The van der Waals surface area contributed by atoms with E-state index in [0.717, 1.165) is 16.5 Å². The number of fused-ring (bicyclic) bond motifs is 1. The van der Waals surface area contributed by atoms with Crippen LogP contribution in [0, 0.1) is 0 Å². The number of aromatic amines is 1. The van der Waals surface area contributed by atoms with Gasteiger partial charge in [0.25, 0.3) is 0 Å². The summed E-state index contributed by atoms with van der Waals surface area (Å²) >= 11 is 0. The van der Waals surface area contributed by atoms with Crippen LogP contribution in [0.4, 0.5) is 0 Å². The van der Waals surface area contributed by atoms with E-state index in [1.165, 1.54) is 11.1 Å². The first kappa shape index (κ1) is 18.1. The van der Waals surface area contributed by atoms with E-state index in [0.29, 0.717) is 6.42 Å². The quantitative estimate of drug-likeness (QED) is 0.492. The molecule has 140 valence electrons. The third kappa shape index (κ3) is 3.84. The maximum Gasteiger partial charge on any atom is 0.224 e. The maximum atomic E-state index is 12.8. The zero-order valence-electron chi connectivity index (χ0n) is 15.9. The van der Waals surface area contributed by atoms with Crippen LogP contribution in [0.25, 0.3) is 10.9 Å². The Morgan fingerprint density at radius 3 is 2.07 bits per heavy atom. The van der Waals surface area contributed by atoms with E-state index in [1.54, 1.807) is 0 Å². The van der Waals surface area contributed by atoms with Crippen LogP contribution in [0.2, 0.25) is 0 Å². The van der Waals surface area contributed by atoms with Crippen LogP contribution in [-0.2, 0) is 11.2 Å². The smallest absolute Gasteiger partial charge is 0.224 e. The summed E-state index contributed by atoms with van der Waals surface area (Å²) in [6, 6.07) is 28.8. The average molecular weight is 368 g/mol. The van der Waals surface area contributed by atoms with Gasteiger partial charge >= 0.3 is 0 Å². The Labute approximate surface area is 165 Å². The van der Waals surface area contributed by atoms with E-state index in [-0.39, 0.29) is 17.9 Å². The van der Waals surface area contributed by atoms with Crippen LogP contribution in [0.15, 0.2) is 91.1 Å². The van der Waals surface area contributed by atoms with Gasteiger partial charge in [0, 0.05) is 29.1 Å². The Balaban J connectivity index is 1.54. The van der Waals surface area contributed by atoms with Crippen molar-refractivity contribution in [1.82, 2.24) is 10.3 Å². The van der Waals surface area contributed by atoms with E-state index >= 15 is 0 Å². The van der Waals surface area contributed by atoms with Crippen molar-refractivity contribution >= 4 is 16.8 Å². The van der Waals surface area contributed by atoms with Gasteiger partial charge in [0.1, 0.15) is 0 Å². The highest BCUT2D eigenvalue weighted by atomic mass is 16.1. The molecule has 0 radical (unpaired) electrons. The average Bonchev–Trinajstić information content (AvgIpc) is 3.12. The molecule has 0 bridgehead atoms. The van der Waals surface area contributed by atoms with Gasteiger partial charge in [0.15, 0.2) is 0 Å². The molecule has 1 unspecified atom stereocenters. The Bertz CT molecular complexity index is 1010. The molecule has 3 heteroatoms. The lowest BCUT2D eigenvalue weighted by molar-refractivity contribution is -0.121. The molecule has 0 spiro atoms. The van der Waals surface area contributed by atoms with Crippen molar-refractivity contribution in [2.24, 2.45) is 0 Å². The summed E-state index contributed by atoms with van der Waals surface area (Å²) in [6.07, 6.45) is 2.30. The number of benzene rings is 3. The summed E-state index contributed by atoms with van der Waals surface area (Å²) in [6.45, 7) is 2.08. The molecule has 1 heterocycles. The molecule has 1 amide bonds. The summed E-state index contributed by atoms with van der Waals surface area (Å²) in [5.74, 6) is 0.142. The molecule has 0 aliphatic rings. The third-order valence-corrected chi connectivity index (χ3v) is 5.23. The van der Waals surface area contributed by atoms with Crippen LogP contribution in [0.1, 0.15) is 29.5 Å². The number of carbonyl (C=O) groups excluding carboxylic acids is 1. The number of hydrogen-bond acceptors (Lipinski definition) is 1. The molecule has 3 aromatic carbocycles. The first-order valence-electron chi connectivity index (χ1n) is 9.66. The molecule has 0 aliphatic heterocycles. The zero-order chi connectivity index (χ0) is 19.3. The lowest BCUT2D eigenvalue weighted by Gasteiger charge is -2.26. The Morgan fingerprint density at radius 1 is 0.857 bits per heavy atom. The molecule has 3 nitrogen and oxygen atoms in total. The molecule has 4 rings (SSSR count). The molecule has 0 saturated heterocycles. The molecule has 1 atom stereocenters.